The van der Waals surface area contributed by atoms with Gasteiger partial charge in [-0.25, -0.2) is 4.79 Å². The zero-order valence-electron chi connectivity index (χ0n) is 8.22. The highest BCUT2D eigenvalue weighted by atomic mass is 16.6. The molecule has 0 aromatic heterocycles. The quantitative estimate of drug-likeness (QED) is 0.665. The van der Waals surface area contributed by atoms with Gasteiger partial charge in [-0.1, -0.05) is 0 Å². The molecule has 5 nitrogen and oxygen atoms in total. The molecular weight excluding hydrogens is 172 g/mol. The van der Waals surface area contributed by atoms with E-state index in [1.54, 1.807) is 13.8 Å². The number of carbonyl (C=O) groups excluding carboxylic acids is 2. The van der Waals surface area contributed by atoms with Gasteiger partial charge in [0.25, 0.3) is 0 Å². The van der Waals surface area contributed by atoms with Gasteiger partial charge in [-0.05, 0) is 20.8 Å². The minimum absolute atomic E-state index is 0.0423. The number of carbonyl (C=O) groups is 2. The number of rotatable bonds is 4. The average Bonchev–Trinajstić information content (AvgIpc) is 2.00. The number of hydrogen-bond acceptors (Lipinski definition) is 3. The Kier molecular flexibility index (Phi) is 5.67. The molecule has 2 amide bonds. The van der Waals surface area contributed by atoms with E-state index in [9.17, 15) is 9.59 Å². The number of alkyl carbamates (subject to hydrolysis) is 1. The highest BCUT2D eigenvalue weighted by Gasteiger charge is 2.06. The number of likely N-dealkylation sites (N-methyl/N-ethyl adjacent to an activating group) is 1. The normalized spacial score (nSPS) is 9.54. The molecule has 0 atom stereocenters. The first-order valence-electron chi connectivity index (χ1n) is 4.27. The molecule has 0 saturated carbocycles. The first-order chi connectivity index (χ1) is 6.06. The molecule has 0 unspecified atom stereocenters. The monoisotopic (exact) mass is 188 g/mol. The molecule has 0 spiro atoms. The first-order valence-corrected chi connectivity index (χ1v) is 4.27. The summed E-state index contributed by atoms with van der Waals surface area (Å²) in [4.78, 5) is 21.7. The minimum Gasteiger partial charge on any atom is -0.447 e. The molecule has 0 aliphatic heterocycles. The van der Waals surface area contributed by atoms with Gasteiger partial charge < -0.3 is 15.4 Å². The van der Waals surface area contributed by atoms with Crippen molar-refractivity contribution in [2.24, 2.45) is 0 Å². The summed E-state index contributed by atoms with van der Waals surface area (Å²) in [6.45, 7) is 5.81. The fourth-order valence-corrected chi connectivity index (χ4v) is 0.668. The van der Waals surface area contributed by atoms with Gasteiger partial charge in [0.2, 0.25) is 5.91 Å². The Labute approximate surface area is 77.8 Å². The van der Waals surface area contributed by atoms with Crippen molar-refractivity contribution in [1.82, 2.24) is 10.6 Å². The fraction of sp³-hybridized carbons (Fsp3) is 0.750. The summed E-state index contributed by atoms with van der Waals surface area (Å²) in [5, 5.41) is 4.87. The van der Waals surface area contributed by atoms with Crippen LogP contribution in [0.3, 0.4) is 0 Å². The van der Waals surface area contributed by atoms with E-state index in [1.165, 1.54) is 0 Å². The molecule has 2 N–H and O–H groups in total. The topological polar surface area (TPSA) is 67.4 Å². The van der Waals surface area contributed by atoms with Crippen LogP contribution in [-0.4, -0.2) is 31.2 Å². The van der Waals surface area contributed by atoms with Crippen molar-refractivity contribution >= 4 is 12.0 Å². The molecule has 0 fully saturated rings. The Bertz CT molecular complexity index is 180. The summed E-state index contributed by atoms with van der Waals surface area (Å²) in [6, 6.07) is 0. The van der Waals surface area contributed by atoms with E-state index in [4.69, 9.17) is 4.74 Å². The van der Waals surface area contributed by atoms with E-state index < -0.39 is 6.09 Å². The van der Waals surface area contributed by atoms with E-state index in [2.05, 4.69) is 10.6 Å². The lowest BCUT2D eigenvalue weighted by molar-refractivity contribution is -0.120. The third-order valence-electron chi connectivity index (χ3n) is 1.11. The van der Waals surface area contributed by atoms with Crippen molar-refractivity contribution in [3.05, 3.63) is 0 Å². The van der Waals surface area contributed by atoms with Crippen LogP contribution in [0.5, 0.6) is 0 Å². The van der Waals surface area contributed by atoms with Gasteiger partial charge in [-0.15, -0.1) is 0 Å². The summed E-state index contributed by atoms with van der Waals surface area (Å²) in [6.07, 6.45) is -0.740. The SMILES string of the molecule is CCNC(=O)CNC(=O)OC(C)C. The molecule has 0 bridgehead atoms. The third-order valence-corrected chi connectivity index (χ3v) is 1.11. The van der Waals surface area contributed by atoms with Gasteiger partial charge in [0.15, 0.2) is 0 Å². The molecule has 0 aliphatic rings. The summed E-state index contributed by atoms with van der Waals surface area (Å²) in [7, 11) is 0. The highest BCUT2D eigenvalue weighted by molar-refractivity contribution is 5.81. The molecular formula is C8H16N2O3. The van der Waals surface area contributed by atoms with Crippen LogP contribution >= 0.6 is 0 Å². The Morgan fingerprint density at radius 2 is 1.92 bits per heavy atom. The highest BCUT2D eigenvalue weighted by Crippen LogP contribution is 1.87. The van der Waals surface area contributed by atoms with Gasteiger partial charge in [-0.3, -0.25) is 4.79 Å². The molecule has 5 heteroatoms. The largest absolute Gasteiger partial charge is 0.447 e. The number of amides is 2. The van der Waals surface area contributed by atoms with Gasteiger partial charge in [0.05, 0.1) is 12.6 Å². The van der Waals surface area contributed by atoms with Crippen molar-refractivity contribution in [1.29, 1.82) is 0 Å². The van der Waals surface area contributed by atoms with E-state index in [-0.39, 0.29) is 18.6 Å². The Balaban J connectivity index is 3.52. The average molecular weight is 188 g/mol. The number of nitrogens with one attached hydrogen (secondary N) is 2. The molecule has 13 heavy (non-hydrogen) atoms. The summed E-state index contributed by atoms with van der Waals surface area (Å²) in [5.41, 5.74) is 0. The predicted octanol–water partition coefficient (Wildman–Crippen LogP) is 0.257. The van der Waals surface area contributed by atoms with Crippen LogP contribution < -0.4 is 10.6 Å². The lowest BCUT2D eigenvalue weighted by Gasteiger charge is -2.08. The van der Waals surface area contributed by atoms with Gasteiger partial charge >= 0.3 is 6.09 Å². The second kappa shape index (κ2) is 6.28. The lowest BCUT2D eigenvalue weighted by Crippen LogP contribution is -2.37. The van der Waals surface area contributed by atoms with Gasteiger partial charge in [0.1, 0.15) is 0 Å². The molecule has 0 aliphatic carbocycles. The molecule has 0 rings (SSSR count). The zero-order chi connectivity index (χ0) is 10.3. The maximum Gasteiger partial charge on any atom is 0.407 e. The zero-order valence-corrected chi connectivity index (χ0v) is 8.22. The van der Waals surface area contributed by atoms with E-state index in [0.29, 0.717) is 6.54 Å². The Hall–Kier alpha value is -1.26. The molecule has 0 radical (unpaired) electrons. The summed E-state index contributed by atoms with van der Waals surface area (Å²) >= 11 is 0. The molecule has 76 valence electrons. The first kappa shape index (κ1) is 11.7. The van der Waals surface area contributed by atoms with Crippen LogP contribution in [0, 0.1) is 0 Å². The summed E-state index contributed by atoms with van der Waals surface area (Å²) < 4.78 is 4.75. The molecule has 0 heterocycles. The van der Waals surface area contributed by atoms with Gasteiger partial charge in [0, 0.05) is 6.54 Å². The van der Waals surface area contributed by atoms with Crippen LogP contribution in [-0.2, 0) is 9.53 Å². The van der Waals surface area contributed by atoms with Crippen LogP contribution in [0.1, 0.15) is 20.8 Å². The van der Waals surface area contributed by atoms with Gasteiger partial charge in [-0.2, -0.15) is 0 Å². The van der Waals surface area contributed by atoms with Crippen LogP contribution in [0.4, 0.5) is 4.79 Å². The maximum atomic E-state index is 10.9. The lowest BCUT2D eigenvalue weighted by atomic mass is 10.5. The van der Waals surface area contributed by atoms with Crippen LogP contribution in [0.15, 0.2) is 0 Å². The van der Waals surface area contributed by atoms with Crippen molar-refractivity contribution in [2.45, 2.75) is 26.9 Å². The summed E-state index contributed by atoms with van der Waals surface area (Å²) in [5.74, 6) is -0.219. The molecule has 0 aromatic carbocycles. The van der Waals surface area contributed by atoms with E-state index >= 15 is 0 Å². The second-order valence-corrected chi connectivity index (χ2v) is 2.76. The standard InChI is InChI=1S/C8H16N2O3/c1-4-9-7(11)5-10-8(12)13-6(2)3/h6H,4-5H2,1-3H3,(H,9,11)(H,10,12). The van der Waals surface area contributed by atoms with Crippen LogP contribution in [0.2, 0.25) is 0 Å². The Morgan fingerprint density at radius 1 is 1.31 bits per heavy atom. The fourth-order valence-electron chi connectivity index (χ4n) is 0.668. The smallest absolute Gasteiger partial charge is 0.407 e. The molecule has 0 aromatic rings. The van der Waals surface area contributed by atoms with Crippen LogP contribution in [0.25, 0.3) is 0 Å². The Morgan fingerprint density at radius 3 is 2.38 bits per heavy atom. The minimum atomic E-state index is -0.568. The van der Waals surface area contributed by atoms with Crippen molar-refractivity contribution in [3.8, 4) is 0 Å². The maximum absolute atomic E-state index is 10.9. The number of ether oxygens (including phenoxy) is 1. The van der Waals surface area contributed by atoms with Crippen molar-refractivity contribution in [3.63, 3.8) is 0 Å². The van der Waals surface area contributed by atoms with E-state index in [0.717, 1.165) is 0 Å². The van der Waals surface area contributed by atoms with Crippen molar-refractivity contribution in [2.75, 3.05) is 13.1 Å². The predicted molar refractivity (Wildman–Crippen MR) is 48.3 cm³/mol. The number of hydrogen-bond donors (Lipinski definition) is 2. The third kappa shape index (κ3) is 7.11. The van der Waals surface area contributed by atoms with Crippen molar-refractivity contribution < 1.29 is 14.3 Å². The van der Waals surface area contributed by atoms with E-state index in [1.807, 2.05) is 6.92 Å². The second-order valence-electron chi connectivity index (χ2n) is 2.76. The molecule has 0 saturated heterocycles.